The maximum atomic E-state index is 10.9. The molecule has 0 bridgehead atoms. The van der Waals surface area contributed by atoms with Crippen LogP contribution in [0.5, 0.6) is 0 Å². The first-order valence-electron chi connectivity index (χ1n) is 5.86. The molecule has 2 rings (SSSR count). The number of carboxylic acid groups (broad SMARTS) is 1. The van der Waals surface area contributed by atoms with Gasteiger partial charge in [-0.2, -0.15) is 0 Å². The van der Waals surface area contributed by atoms with Gasteiger partial charge in [0.15, 0.2) is 5.69 Å². The summed E-state index contributed by atoms with van der Waals surface area (Å²) in [5.74, 6) is 0.937. The van der Waals surface area contributed by atoms with Crippen LogP contribution in [0, 0.1) is 11.8 Å². The van der Waals surface area contributed by atoms with Gasteiger partial charge >= 0.3 is 5.97 Å². The van der Waals surface area contributed by atoms with Gasteiger partial charge in [-0.25, -0.2) is 14.8 Å². The number of aromatic carboxylic acids is 1. The van der Waals surface area contributed by atoms with Crippen LogP contribution in [0.2, 0.25) is 0 Å². The minimum atomic E-state index is -1.01. The van der Waals surface area contributed by atoms with Crippen LogP contribution in [-0.4, -0.2) is 34.1 Å². The molecular formula is C12H17N3O2. The summed E-state index contributed by atoms with van der Waals surface area (Å²) in [7, 11) is 0. The van der Waals surface area contributed by atoms with Crippen molar-refractivity contribution in [2.45, 2.75) is 20.3 Å². The Bertz CT molecular complexity index is 412. The molecule has 0 amide bonds. The van der Waals surface area contributed by atoms with E-state index in [1.54, 1.807) is 6.07 Å². The van der Waals surface area contributed by atoms with Gasteiger partial charge in [0.05, 0.1) is 0 Å². The normalized spacial score (nSPS) is 24.7. The molecular weight excluding hydrogens is 218 g/mol. The van der Waals surface area contributed by atoms with E-state index in [1.807, 2.05) is 0 Å². The van der Waals surface area contributed by atoms with E-state index in [0.717, 1.165) is 18.9 Å². The number of hydrogen-bond donors (Lipinski definition) is 1. The van der Waals surface area contributed by atoms with Gasteiger partial charge < -0.3 is 10.0 Å². The summed E-state index contributed by atoms with van der Waals surface area (Å²) in [5.41, 5.74) is 0.0564. The predicted octanol–water partition coefficient (Wildman–Crippen LogP) is 1.66. The molecule has 2 atom stereocenters. The fourth-order valence-corrected chi connectivity index (χ4v) is 2.49. The summed E-state index contributed by atoms with van der Waals surface area (Å²) in [6, 6.07) is 1.55. The molecule has 0 aliphatic carbocycles. The number of carboxylic acids is 1. The van der Waals surface area contributed by atoms with Crippen molar-refractivity contribution in [2.75, 3.05) is 18.0 Å². The summed E-state index contributed by atoms with van der Waals surface area (Å²) >= 11 is 0. The Morgan fingerprint density at radius 1 is 1.35 bits per heavy atom. The van der Waals surface area contributed by atoms with Gasteiger partial charge in [0.2, 0.25) is 0 Å². The number of carbonyl (C=O) groups is 1. The molecule has 1 aliphatic heterocycles. The van der Waals surface area contributed by atoms with E-state index in [9.17, 15) is 4.79 Å². The zero-order valence-corrected chi connectivity index (χ0v) is 10.1. The molecule has 0 unspecified atom stereocenters. The summed E-state index contributed by atoms with van der Waals surface area (Å²) in [4.78, 5) is 20.9. The Balaban J connectivity index is 2.21. The highest BCUT2D eigenvalue weighted by molar-refractivity contribution is 5.86. The van der Waals surface area contributed by atoms with Crippen LogP contribution in [0.1, 0.15) is 30.8 Å². The lowest BCUT2D eigenvalue weighted by Gasteiger charge is -2.35. The van der Waals surface area contributed by atoms with Crippen LogP contribution < -0.4 is 4.90 Å². The Kier molecular flexibility index (Phi) is 3.26. The van der Waals surface area contributed by atoms with Crippen molar-refractivity contribution < 1.29 is 9.90 Å². The van der Waals surface area contributed by atoms with Gasteiger partial charge in [-0.1, -0.05) is 13.8 Å². The number of nitrogens with zero attached hydrogens (tertiary/aromatic N) is 3. The first-order chi connectivity index (χ1) is 8.06. The quantitative estimate of drug-likeness (QED) is 0.844. The van der Waals surface area contributed by atoms with Crippen molar-refractivity contribution in [3.05, 3.63) is 18.1 Å². The smallest absolute Gasteiger partial charge is 0.354 e. The number of piperidine rings is 1. The molecule has 0 radical (unpaired) electrons. The van der Waals surface area contributed by atoms with E-state index in [0.29, 0.717) is 11.8 Å². The van der Waals surface area contributed by atoms with Gasteiger partial charge in [0, 0.05) is 19.2 Å². The maximum absolute atomic E-state index is 10.9. The Labute approximate surface area is 100 Å². The van der Waals surface area contributed by atoms with E-state index in [2.05, 4.69) is 28.7 Å². The average molecular weight is 235 g/mol. The summed E-state index contributed by atoms with van der Waals surface area (Å²) in [6.45, 7) is 6.28. The van der Waals surface area contributed by atoms with Crippen LogP contribution in [0.25, 0.3) is 0 Å². The third-order valence-corrected chi connectivity index (χ3v) is 3.06. The second-order valence-electron chi connectivity index (χ2n) is 4.92. The minimum absolute atomic E-state index is 0.0564. The predicted molar refractivity (Wildman–Crippen MR) is 64.1 cm³/mol. The summed E-state index contributed by atoms with van der Waals surface area (Å²) in [6.07, 6.45) is 2.54. The number of aromatic nitrogens is 2. The van der Waals surface area contributed by atoms with Gasteiger partial charge in [-0.15, -0.1) is 0 Å². The van der Waals surface area contributed by atoms with E-state index in [-0.39, 0.29) is 5.69 Å². The average Bonchev–Trinajstić information content (AvgIpc) is 2.28. The topological polar surface area (TPSA) is 66.3 Å². The largest absolute Gasteiger partial charge is 0.477 e. The van der Waals surface area contributed by atoms with Crippen molar-refractivity contribution in [1.82, 2.24) is 9.97 Å². The van der Waals surface area contributed by atoms with Crippen LogP contribution in [0.3, 0.4) is 0 Å². The Morgan fingerprint density at radius 3 is 2.59 bits per heavy atom. The lowest BCUT2D eigenvalue weighted by Crippen LogP contribution is -2.39. The van der Waals surface area contributed by atoms with Gasteiger partial charge in [0.1, 0.15) is 12.1 Å². The van der Waals surface area contributed by atoms with E-state index in [1.165, 1.54) is 12.7 Å². The minimum Gasteiger partial charge on any atom is -0.477 e. The molecule has 1 fully saturated rings. The lowest BCUT2D eigenvalue weighted by atomic mass is 9.92. The molecule has 0 spiro atoms. The number of anilines is 1. The standard InChI is InChI=1S/C12H17N3O2/c1-8-3-9(2)6-15(5-8)11-4-10(12(16)17)13-7-14-11/h4,7-9H,3,5-6H2,1-2H3,(H,16,17)/t8-,9+. The number of rotatable bonds is 2. The van der Waals surface area contributed by atoms with Crippen molar-refractivity contribution in [2.24, 2.45) is 11.8 Å². The first-order valence-corrected chi connectivity index (χ1v) is 5.86. The molecule has 1 aromatic heterocycles. The second kappa shape index (κ2) is 4.69. The highest BCUT2D eigenvalue weighted by Gasteiger charge is 2.23. The summed E-state index contributed by atoms with van der Waals surface area (Å²) in [5, 5.41) is 8.90. The molecule has 17 heavy (non-hydrogen) atoms. The number of hydrogen-bond acceptors (Lipinski definition) is 4. The van der Waals surface area contributed by atoms with Crippen molar-refractivity contribution in [3.63, 3.8) is 0 Å². The molecule has 1 saturated heterocycles. The van der Waals surface area contributed by atoms with Gasteiger partial charge in [0.25, 0.3) is 0 Å². The molecule has 0 aromatic carbocycles. The van der Waals surface area contributed by atoms with Crippen molar-refractivity contribution >= 4 is 11.8 Å². The zero-order valence-electron chi connectivity index (χ0n) is 10.1. The van der Waals surface area contributed by atoms with Gasteiger partial charge in [-0.3, -0.25) is 0 Å². The van der Waals surface area contributed by atoms with E-state index in [4.69, 9.17) is 5.11 Å². The van der Waals surface area contributed by atoms with Crippen molar-refractivity contribution in [1.29, 1.82) is 0 Å². The lowest BCUT2D eigenvalue weighted by molar-refractivity contribution is 0.0690. The van der Waals surface area contributed by atoms with Gasteiger partial charge in [-0.05, 0) is 18.3 Å². The molecule has 0 saturated carbocycles. The first kappa shape index (κ1) is 11.8. The zero-order chi connectivity index (χ0) is 12.4. The second-order valence-corrected chi connectivity index (χ2v) is 4.92. The maximum Gasteiger partial charge on any atom is 0.354 e. The van der Waals surface area contributed by atoms with E-state index >= 15 is 0 Å². The van der Waals surface area contributed by atoms with Crippen LogP contribution in [-0.2, 0) is 0 Å². The molecule has 1 N–H and O–H groups in total. The fourth-order valence-electron chi connectivity index (χ4n) is 2.49. The van der Waals surface area contributed by atoms with Crippen LogP contribution in [0.15, 0.2) is 12.4 Å². The monoisotopic (exact) mass is 235 g/mol. The summed E-state index contributed by atoms with van der Waals surface area (Å²) < 4.78 is 0. The highest BCUT2D eigenvalue weighted by Crippen LogP contribution is 2.24. The van der Waals surface area contributed by atoms with Crippen molar-refractivity contribution in [3.8, 4) is 0 Å². The SMILES string of the molecule is C[C@@H]1C[C@H](C)CN(c2cc(C(=O)O)ncn2)C1. The fraction of sp³-hybridized carbons (Fsp3) is 0.583. The van der Waals surface area contributed by atoms with E-state index < -0.39 is 5.97 Å². The molecule has 5 heteroatoms. The Morgan fingerprint density at radius 2 is 2.00 bits per heavy atom. The van der Waals surface area contributed by atoms with Crippen LogP contribution >= 0.6 is 0 Å². The molecule has 2 heterocycles. The molecule has 1 aromatic rings. The molecule has 5 nitrogen and oxygen atoms in total. The highest BCUT2D eigenvalue weighted by atomic mass is 16.4. The Hall–Kier alpha value is -1.65. The van der Waals surface area contributed by atoms with Crippen LogP contribution in [0.4, 0.5) is 5.82 Å². The molecule has 92 valence electrons. The third kappa shape index (κ3) is 2.72. The third-order valence-electron chi connectivity index (χ3n) is 3.06. The molecule has 1 aliphatic rings.